The van der Waals surface area contributed by atoms with Crippen LogP contribution in [-0.2, 0) is 11.3 Å². The molecule has 0 aliphatic heterocycles. The highest BCUT2D eigenvalue weighted by atomic mass is 16.2. The maximum Gasteiger partial charge on any atom is 0.246 e. The van der Waals surface area contributed by atoms with Crippen LogP contribution in [0.25, 0.3) is 17.2 Å². The van der Waals surface area contributed by atoms with Crippen molar-refractivity contribution in [2.45, 2.75) is 6.54 Å². The summed E-state index contributed by atoms with van der Waals surface area (Å²) in [6, 6.07) is 22.3. The number of rotatable bonds is 5. The lowest BCUT2D eigenvalue weighted by atomic mass is 10.0. The third kappa shape index (κ3) is 4.64. The van der Waals surface area contributed by atoms with Gasteiger partial charge in [0.05, 0.1) is 0 Å². The molecule has 0 atom stereocenters. The molecule has 1 aromatic heterocycles. The quantitative estimate of drug-likeness (QED) is 0.650. The first-order chi connectivity index (χ1) is 12.2. The third-order valence-corrected chi connectivity index (χ3v) is 3.96. The summed E-state index contributed by atoms with van der Waals surface area (Å²) >= 11 is 0. The van der Waals surface area contributed by atoms with Crippen LogP contribution >= 0.6 is 0 Å². The van der Waals surface area contributed by atoms with E-state index in [4.69, 9.17) is 0 Å². The van der Waals surface area contributed by atoms with Gasteiger partial charge in [0.15, 0.2) is 0 Å². The molecule has 0 aliphatic rings. The van der Waals surface area contributed by atoms with E-state index in [-0.39, 0.29) is 5.91 Å². The van der Waals surface area contributed by atoms with Crippen molar-refractivity contribution in [1.82, 2.24) is 9.88 Å². The molecule has 1 heterocycles. The molecule has 0 saturated heterocycles. The minimum atomic E-state index is -0.0315. The van der Waals surface area contributed by atoms with Crippen LogP contribution in [0.2, 0.25) is 0 Å². The summed E-state index contributed by atoms with van der Waals surface area (Å²) in [4.78, 5) is 18.0. The number of pyridine rings is 1. The Labute approximate surface area is 148 Å². The number of likely N-dealkylation sites (N-methyl/N-ethyl adjacent to an activating group) is 1. The van der Waals surface area contributed by atoms with E-state index < -0.39 is 0 Å². The average Bonchev–Trinajstić information content (AvgIpc) is 2.68. The predicted molar refractivity (Wildman–Crippen MR) is 102 cm³/mol. The number of hydrogen-bond donors (Lipinski definition) is 0. The van der Waals surface area contributed by atoms with Crippen molar-refractivity contribution in [2.75, 3.05) is 7.05 Å². The fourth-order valence-corrected chi connectivity index (χ4v) is 2.55. The Balaban J connectivity index is 1.61. The fraction of sp³-hybridized carbons (Fsp3) is 0.0909. The van der Waals surface area contributed by atoms with Crippen LogP contribution in [0.4, 0.5) is 0 Å². The minimum Gasteiger partial charge on any atom is -0.338 e. The molecule has 0 radical (unpaired) electrons. The van der Waals surface area contributed by atoms with E-state index in [1.165, 1.54) is 11.1 Å². The lowest BCUT2D eigenvalue weighted by Crippen LogP contribution is -2.24. The van der Waals surface area contributed by atoms with E-state index in [1.807, 2.05) is 30.3 Å². The van der Waals surface area contributed by atoms with Gasteiger partial charge in [-0.3, -0.25) is 9.78 Å². The Morgan fingerprint density at radius 1 is 0.960 bits per heavy atom. The standard InChI is InChI=1S/C22H20N2O/c1-24(22(25)14-11-18-6-5-15-23-16-18)17-19-9-12-21(13-10-19)20-7-3-2-4-8-20/h2-16H,17H2,1H3/b14-11+. The van der Waals surface area contributed by atoms with E-state index in [1.54, 1.807) is 36.5 Å². The van der Waals surface area contributed by atoms with Gasteiger partial charge < -0.3 is 4.90 Å². The van der Waals surface area contributed by atoms with E-state index in [2.05, 4.69) is 41.4 Å². The Morgan fingerprint density at radius 3 is 2.36 bits per heavy atom. The van der Waals surface area contributed by atoms with Crippen LogP contribution < -0.4 is 0 Å². The van der Waals surface area contributed by atoms with Crippen molar-refractivity contribution in [3.63, 3.8) is 0 Å². The number of carbonyl (C=O) groups is 1. The van der Waals surface area contributed by atoms with Gasteiger partial charge in [0.2, 0.25) is 5.91 Å². The molecule has 124 valence electrons. The summed E-state index contributed by atoms with van der Waals surface area (Å²) in [5.74, 6) is -0.0315. The fourth-order valence-electron chi connectivity index (χ4n) is 2.55. The predicted octanol–water partition coefficient (Wildman–Crippen LogP) is 4.42. The Bertz CT molecular complexity index is 840. The molecule has 0 fully saturated rings. The van der Waals surface area contributed by atoms with Crippen LogP contribution in [0.15, 0.2) is 85.2 Å². The first-order valence-corrected chi connectivity index (χ1v) is 8.20. The summed E-state index contributed by atoms with van der Waals surface area (Å²) in [5, 5.41) is 0. The zero-order valence-electron chi connectivity index (χ0n) is 14.2. The van der Waals surface area contributed by atoms with Crippen LogP contribution in [-0.4, -0.2) is 22.8 Å². The van der Waals surface area contributed by atoms with Crippen molar-refractivity contribution < 1.29 is 4.79 Å². The number of nitrogens with zero attached hydrogens (tertiary/aromatic N) is 2. The van der Waals surface area contributed by atoms with Gasteiger partial charge in [0.25, 0.3) is 0 Å². The van der Waals surface area contributed by atoms with Gasteiger partial charge in [0.1, 0.15) is 0 Å². The molecule has 0 unspecified atom stereocenters. The largest absolute Gasteiger partial charge is 0.338 e. The number of amides is 1. The van der Waals surface area contributed by atoms with Crippen LogP contribution in [0, 0.1) is 0 Å². The van der Waals surface area contributed by atoms with Gasteiger partial charge >= 0.3 is 0 Å². The van der Waals surface area contributed by atoms with Gasteiger partial charge in [-0.15, -0.1) is 0 Å². The molecule has 0 N–H and O–H groups in total. The van der Waals surface area contributed by atoms with E-state index in [9.17, 15) is 4.79 Å². The van der Waals surface area contributed by atoms with Gasteiger partial charge in [-0.05, 0) is 34.4 Å². The second-order valence-electron chi connectivity index (χ2n) is 5.88. The Kier molecular flexibility index (Phi) is 5.37. The highest BCUT2D eigenvalue weighted by molar-refractivity contribution is 5.91. The van der Waals surface area contributed by atoms with Gasteiger partial charge in [-0.25, -0.2) is 0 Å². The minimum absolute atomic E-state index is 0.0315. The smallest absolute Gasteiger partial charge is 0.246 e. The highest BCUT2D eigenvalue weighted by Gasteiger charge is 2.06. The van der Waals surface area contributed by atoms with Crippen molar-refractivity contribution in [2.24, 2.45) is 0 Å². The Hall–Kier alpha value is -3.20. The molecule has 25 heavy (non-hydrogen) atoms. The Morgan fingerprint density at radius 2 is 1.68 bits per heavy atom. The summed E-state index contributed by atoms with van der Waals surface area (Å²) in [5.41, 5.74) is 4.38. The van der Waals surface area contributed by atoms with Crippen LogP contribution in [0.3, 0.4) is 0 Å². The number of aromatic nitrogens is 1. The van der Waals surface area contributed by atoms with E-state index in [0.29, 0.717) is 6.54 Å². The molecule has 2 aromatic carbocycles. The monoisotopic (exact) mass is 328 g/mol. The first-order valence-electron chi connectivity index (χ1n) is 8.20. The SMILES string of the molecule is CN(Cc1ccc(-c2ccccc2)cc1)C(=O)/C=C/c1cccnc1. The van der Waals surface area contributed by atoms with Crippen LogP contribution in [0.5, 0.6) is 0 Å². The average molecular weight is 328 g/mol. The van der Waals surface area contributed by atoms with Gasteiger partial charge in [-0.2, -0.15) is 0 Å². The van der Waals surface area contributed by atoms with Gasteiger partial charge in [-0.1, -0.05) is 60.7 Å². The number of carbonyl (C=O) groups excluding carboxylic acids is 1. The molecule has 0 spiro atoms. The molecular formula is C22H20N2O. The molecule has 3 nitrogen and oxygen atoms in total. The van der Waals surface area contributed by atoms with Crippen molar-refractivity contribution in [3.05, 3.63) is 96.3 Å². The van der Waals surface area contributed by atoms with Crippen molar-refractivity contribution in [1.29, 1.82) is 0 Å². The molecule has 3 aromatic rings. The zero-order valence-corrected chi connectivity index (χ0v) is 14.2. The molecule has 0 bridgehead atoms. The molecule has 1 amide bonds. The van der Waals surface area contributed by atoms with Gasteiger partial charge in [0, 0.05) is 32.1 Å². The summed E-state index contributed by atoms with van der Waals surface area (Å²) in [6.07, 6.45) is 6.80. The molecule has 3 rings (SSSR count). The maximum absolute atomic E-state index is 12.2. The molecule has 0 saturated carbocycles. The first kappa shape index (κ1) is 16.7. The second kappa shape index (κ2) is 8.06. The maximum atomic E-state index is 12.2. The lowest BCUT2D eigenvalue weighted by molar-refractivity contribution is -0.125. The van der Waals surface area contributed by atoms with E-state index in [0.717, 1.165) is 11.1 Å². The van der Waals surface area contributed by atoms with Crippen LogP contribution in [0.1, 0.15) is 11.1 Å². The highest BCUT2D eigenvalue weighted by Crippen LogP contribution is 2.19. The molecular weight excluding hydrogens is 308 g/mol. The van der Waals surface area contributed by atoms with E-state index >= 15 is 0 Å². The normalized spacial score (nSPS) is 10.8. The summed E-state index contributed by atoms with van der Waals surface area (Å²) in [6.45, 7) is 0.575. The third-order valence-electron chi connectivity index (χ3n) is 3.96. The summed E-state index contributed by atoms with van der Waals surface area (Å²) < 4.78 is 0. The van der Waals surface area contributed by atoms with Crippen molar-refractivity contribution >= 4 is 12.0 Å². The van der Waals surface area contributed by atoms with Crippen molar-refractivity contribution in [3.8, 4) is 11.1 Å². The number of hydrogen-bond acceptors (Lipinski definition) is 2. The second-order valence-corrected chi connectivity index (χ2v) is 5.88. The lowest BCUT2D eigenvalue weighted by Gasteiger charge is -2.15. The molecule has 0 aliphatic carbocycles. The summed E-state index contributed by atoms with van der Waals surface area (Å²) in [7, 11) is 1.81. The zero-order chi connectivity index (χ0) is 17.5. The number of benzene rings is 2. The topological polar surface area (TPSA) is 33.2 Å². The molecule has 3 heteroatoms.